The standard InChI is InChI=1S/C18H16F2N2O2/c19-15-4-1-12(7-16(15)20)18(24)21-6-5-11-8-17(23)22(14-2-3-14)10-13(11)9-21/h1,4,7-8,10,14H,2-3,5-6,9H2. The summed E-state index contributed by atoms with van der Waals surface area (Å²) in [7, 11) is 0. The number of rotatable bonds is 2. The fraction of sp³-hybridized carbons (Fsp3) is 0.333. The first-order chi connectivity index (χ1) is 11.5. The van der Waals surface area contributed by atoms with E-state index in [0.29, 0.717) is 19.5 Å². The van der Waals surface area contributed by atoms with E-state index in [0.717, 1.165) is 36.1 Å². The predicted octanol–water partition coefficient (Wildman–Crippen LogP) is 2.66. The summed E-state index contributed by atoms with van der Waals surface area (Å²) in [5.41, 5.74) is 2.06. The molecule has 0 N–H and O–H groups in total. The van der Waals surface area contributed by atoms with Crippen LogP contribution in [0.3, 0.4) is 0 Å². The van der Waals surface area contributed by atoms with Gasteiger partial charge in [0.1, 0.15) is 0 Å². The first-order valence-electron chi connectivity index (χ1n) is 8.01. The van der Waals surface area contributed by atoms with Crippen LogP contribution >= 0.6 is 0 Å². The number of carbonyl (C=O) groups excluding carboxylic acids is 1. The van der Waals surface area contributed by atoms with E-state index in [2.05, 4.69) is 0 Å². The predicted molar refractivity (Wildman–Crippen MR) is 83.8 cm³/mol. The molecule has 0 saturated heterocycles. The Kier molecular flexibility index (Phi) is 3.48. The molecule has 124 valence electrons. The van der Waals surface area contributed by atoms with Gasteiger partial charge in [-0.1, -0.05) is 0 Å². The van der Waals surface area contributed by atoms with Crippen LogP contribution < -0.4 is 5.56 Å². The molecule has 1 saturated carbocycles. The lowest BCUT2D eigenvalue weighted by molar-refractivity contribution is 0.0733. The Morgan fingerprint density at radius 3 is 2.58 bits per heavy atom. The summed E-state index contributed by atoms with van der Waals surface area (Å²) in [6.07, 6.45) is 4.46. The number of pyridine rings is 1. The van der Waals surface area contributed by atoms with Gasteiger partial charge in [0, 0.05) is 37.0 Å². The molecule has 0 atom stereocenters. The highest BCUT2D eigenvalue weighted by atomic mass is 19.2. The lowest BCUT2D eigenvalue weighted by atomic mass is 10.0. The average molecular weight is 330 g/mol. The van der Waals surface area contributed by atoms with E-state index in [-0.39, 0.29) is 23.1 Å². The molecular weight excluding hydrogens is 314 g/mol. The maximum Gasteiger partial charge on any atom is 0.254 e. The number of hydrogen-bond acceptors (Lipinski definition) is 2. The van der Waals surface area contributed by atoms with Crippen molar-refractivity contribution in [2.75, 3.05) is 6.54 Å². The van der Waals surface area contributed by atoms with Crippen molar-refractivity contribution in [3.63, 3.8) is 0 Å². The summed E-state index contributed by atoms with van der Waals surface area (Å²) in [4.78, 5) is 26.2. The number of carbonyl (C=O) groups is 1. The molecule has 0 bridgehead atoms. The van der Waals surface area contributed by atoms with Crippen molar-refractivity contribution in [1.82, 2.24) is 9.47 Å². The molecule has 2 aromatic rings. The van der Waals surface area contributed by atoms with Crippen LogP contribution in [0, 0.1) is 11.6 Å². The summed E-state index contributed by atoms with van der Waals surface area (Å²) >= 11 is 0. The van der Waals surface area contributed by atoms with Gasteiger partial charge in [-0.25, -0.2) is 8.78 Å². The van der Waals surface area contributed by atoms with Gasteiger partial charge >= 0.3 is 0 Å². The van der Waals surface area contributed by atoms with Crippen molar-refractivity contribution < 1.29 is 13.6 Å². The Morgan fingerprint density at radius 2 is 1.88 bits per heavy atom. The summed E-state index contributed by atoms with van der Waals surface area (Å²) in [6.45, 7) is 0.831. The fourth-order valence-corrected chi connectivity index (χ4v) is 3.17. The third-order valence-corrected chi connectivity index (χ3v) is 4.67. The van der Waals surface area contributed by atoms with Crippen molar-refractivity contribution in [1.29, 1.82) is 0 Å². The van der Waals surface area contributed by atoms with Crippen LogP contribution in [0.5, 0.6) is 0 Å². The second-order valence-electron chi connectivity index (χ2n) is 6.41. The summed E-state index contributed by atoms with van der Waals surface area (Å²) in [5.74, 6) is -2.33. The molecule has 1 aliphatic carbocycles. The summed E-state index contributed by atoms with van der Waals surface area (Å²) in [5, 5.41) is 0. The van der Waals surface area contributed by atoms with Crippen molar-refractivity contribution >= 4 is 5.91 Å². The monoisotopic (exact) mass is 330 g/mol. The molecule has 24 heavy (non-hydrogen) atoms. The van der Waals surface area contributed by atoms with Gasteiger partial charge in [0.05, 0.1) is 0 Å². The smallest absolute Gasteiger partial charge is 0.254 e. The van der Waals surface area contributed by atoms with Gasteiger partial charge in [0.2, 0.25) is 0 Å². The van der Waals surface area contributed by atoms with Crippen LogP contribution in [0.15, 0.2) is 35.3 Å². The fourth-order valence-electron chi connectivity index (χ4n) is 3.17. The van der Waals surface area contributed by atoms with Gasteiger partial charge in [-0.05, 0) is 48.6 Å². The topological polar surface area (TPSA) is 42.3 Å². The van der Waals surface area contributed by atoms with Crippen LogP contribution in [-0.4, -0.2) is 21.9 Å². The quantitative estimate of drug-likeness (QED) is 0.849. The first kappa shape index (κ1) is 15.1. The highest BCUT2D eigenvalue weighted by Crippen LogP contribution is 2.34. The Labute approximate surface area is 137 Å². The van der Waals surface area contributed by atoms with Crippen LogP contribution in [-0.2, 0) is 13.0 Å². The summed E-state index contributed by atoms with van der Waals surface area (Å²) < 4.78 is 28.1. The molecule has 6 heteroatoms. The van der Waals surface area contributed by atoms with Crippen LogP contribution in [0.25, 0.3) is 0 Å². The van der Waals surface area contributed by atoms with Gasteiger partial charge < -0.3 is 9.47 Å². The maximum absolute atomic E-state index is 13.4. The van der Waals surface area contributed by atoms with Crippen LogP contribution in [0.1, 0.15) is 40.4 Å². The minimum atomic E-state index is -1.03. The van der Waals surface area contributed by atoms with Crippen molar-refractivity contribution in [3.05, 3.63) is 69.1 Å². The molecule has 4 nitrogen and oxygen atoms in total. The molecule has 0 radical (unpaired) electrons. The molecule has 1 aromatic heterocycles. The van der Waals surface area contributed by atoms with E-state index in [9.17, 15) is 18.4 Å². The second-order valence-corrected chi connectivity index (χ2v) is 6.41. The number of amides is 1. The molecule has 1 aromatic carbocycles. The van der Waals surface area contributed by atoms with Crippen LogP contribution in [0.2, 0.25) is 0 Å². The van der Waals surface area contributed by atoms with Crippen molar-refractivity contribution in [3.8, 4) is 0 Å². The van der Waals surface area contributed by atoms with Gasteiger partial charge in [0.15, 0.2) is 11.6 Å². The number of aromatic nitrogens is 1. The lowest BCUT2D eigenvalue weighted by Crippen LogP contribution is -2.37. The minimum absolute atomic E-state index is 0.0108. The zero-order valence-corrected chi connectivity index (χ0v) is 13.0. The Bertz CT molecular complexity index is 887. The molecule has 0 spiro atoms. The maximum atomic E-state index is 13.4. The minimum Gasteiger partial charge on any atom is -0.334 e. The SMILES string of the molecule is O=C(c1ccc(F)c(F)c1)N1CCc2cc(=O)n(C3CC3)cc2C1. The van der Waals surface area contributed by atoms with Gasteiger partial charge in [0.25, 0.3) is 11.5 Å². The van der Waals surface area contributed by atoms with Gasteiger partial charge in [-0.2, -0.15) is 0 Å². The molecular formula is C18H16F2N2O2. The zero-order valence-electron chi connectivity index (χ0n) is 13.0. The van der Waals surface area contributed by atoms with E-state index >= 15 is 0 Å². The molecule has 4 rings (SSSR count). The highest BCUT2D eigenvalue weighted by molar-refractivity contribution is 5.94. The molecule has 1 aliphatic heterocycles. The lowest BCUT2D eigenvalue weighted by Gasteiger charge is -2.29. The highest BCUT2D eigenvalue weighted by Gasteiger charge is 2.28. The average Bonchev–Trinajstić information content (AvgIpc) is 3.40. The Hall–Kier alpha value is -2.50. The van der Waals surface area contributed by atoms with Gasteiger partial charge in [-0.3, -0.25) is 9.59 Å². The van der Waals surface area contributed by atoms with Crippen molar-refractivity contribution in [2.45, 2.75) is 31.8 Å². The van der Waals surface area contributed by atoms with E-state index in [1.807, 2.05) is 6.20 Å². The molecule has 2 heterocycles. The molecule has 0 unspecified atom stereocenters. The van der Waals surface area contributed by atoms with E-state index < -0.39 is 11.6 Å². The Morgan fingerprint density at radius 1 is 1.08 bits per heavy atom. The van der Waals surface area contributed by atoms with Gasteiger partial charge in [-0.15, -0.1) is 0 Å². The number of hydrogen-bond donors (Lipinski definition) is 0. The Balaban J connectivity index is 1.61. The van der Waals surface area contributed by atoms with E-state index in [1.165, 1.54) is 6.07 Å². The number of nitrogens with zero attached hydrogens (tertiary/aromatic N) is 2. The van der Waals surface area contributed by atoms with E-state index in [4.69, 9.17) is 0 Å². The third-order valence-electron chi connectivity index (χ3n) is 4.67. The largest absolute Gasteiger partial charge is 0.334 e. The van der Waals surface area contributed by atoms with Crippen LogP contribution in [0.4, 0.5) is 8.78 Å². The normalized spacial score (nSPS) is 16.8. The molecule has 2 aliphatic rings. The second kappa shape index (κ2) is 5.54. The van der Waals surface area contributed by atoms with E-state index in [1.54, 1.807) is 15.5 Å². The molecule has 1 fully saturated rings. The molecule has 1 amide bonds. The number of benzene rings is 1. The number of halogens is 2. The van der Waals surface area contributed by atoms with Crippen molar-refractivity contribution in [2.24, 2.45) is 0 Å². The first-order valence-corrected chi connectivity index (χ1v) is 8.01. The number of fused-ring (bicyclic) bond motifs is 1. The zero-order chi connectivity index (χ0) is 16.8. The summed E-state index contributed by atoms with van der Waals surface area (Å²) in [6, 6.07) is 5.12. The third kappa shape index (κ3) is 2.62.